The molecule has 0 radical (unpaired) electrons. The summed E-state index contributed by atoms with van der Waals surface area (Å²) in [6, 6.07) is 4.99. The zero-order valence-corrected chi connectivity index (χ0v) is 16.6. The number of rotatable bonds is 3. The Hall–Kier alpha value is -3.59. The van der Waals surface area contributed by atoms with Crippen molar-refractivity contribution in [2.45, 2.75) is 25.8 Å². The van der Waals surface area contributed by atoms with Gasteiger partial charge in [-0.15, -0.1) is 0 Å². The number of hydroxylamine groups is 1. The fourth-order valence-corrected chi connectivity index (χ4v) is 3.74. The number of nitrogen functional groups attached to an aromatic ring is 1. The van der Waals surface area contributed by atoms with Crippen LogP contribution in [0.1, 0.15) is 29.1 Å². The second-order valence-corrected chi connectivity index (χ2v) is 6.92. The van der Waals surface area contributed by atoms with Gasteiger partial charge < -0.3 is 10.5 Å². The van der Waals surface area contributed by atoms with Gasteiger partial charge in [-0.2, -0.15) is 0 Å². The van der Waals surface area contributed by atoms with Crippen molar-refractivity contribution in [3.8, 4) is 5.88 Å². The second-order valence-electron chi connectivity index (χ2n) is 6.92. The molecule has 30 heavy (non-hydrogen) atoms. The summed E-state index contributed by atoms with van der Waals surface area (Å²) in [6.07, 6.45) is 5.35. The molecule has 2 aromatic rings. The molecule has 0 bridgehead atoms. The minimum atomic E-state index is -0.431. The molecule has 4 N–H and O–H groups in total. The second kappa shape index (κ2) is 8.03. The summed E-state index contributed by atoms with van der Waals surface area (Å²) < 4.78 is 19.3. The summed E-state index contributed by atoms with van der Waals surface area (Å²) in [5, 5.41) is 9.70. The number of fused-ring (bicyclic) bond motifs is 1. The van der Waals surface area contributed by atoms with Crippen LogP contribution in [0.4, 0.5) is 10.3 Å². The van der Waals surface area contributed by atoms with Gasteiger partial charge >= 0.3 is 0 Å². The van der Waals surface area contributed by atoms with Gasteiger partial charge in [0.1, 0.15) is 5.83 Å². The Kier molecular flexibility index (Phi) is 5.28. The van der Waals surface area contributed by atoms with Crippen LogP contribution >= 0.6 is 0 Å². The molecule has 4 rings (SSSR count). The van der Waals surface area contributed by atoms with E-state index in [4.69, 9.17) is 10.5 Å². The van der Waals surface area contributed by atoms with Crippen molar-refractivity contribution in [2.75, 3.05) is 12.8 Å². The van der Waals surface area contributed by atoms with Gasteiger partial charge in [0.25, 0.3) is 0 Å². The number of nitrogens with one attached hydrogen (secondary N) is 1. The van der Waals surface area contributed by atoms with Gasteiger partial charge in [0.05, 0.1) is 35.8 Å². The highest BCUT2D eigenvalue weighted by molar-refractivity contribution is 6.01. The molecule has 0 saturated heterocycles. The van der Waals surface area contributed by atoms with Crippen LogP contribution in [0, 0.1) is 6.92 Å². The lowest BCUT2D eigenvalue weighted by molar-refractivity contribution is 0.233. The van der Waals surface area contributed by atoms with Crippen molar-refractivity contribution in [3.63, 3.8) is 0 Å². The number of anilines is 1. The van der Waals surface area contributed by atoms with Crippen LogP contribution in [0.15, 0.2) is 52.8 Å². The summed E-state index contributed by atoms with van der Waals surface area (Å²) in [4.78, 5) is 17.7. The van der Waals surface area contributed by atoms with Crippen LogP contribution in [0.25, 0.3) is 5.57 Å². The van der Waals surface area contributed by atoms with Crippen LogP contribution in [0.5, 0.6) is 5.88 Å². The lowest BCUT2D eigenvalue weighted by atomic mass is 9.90. The number of aryl methyl sites for hydroxylation is 1. The van der Waals surface area contributed by atoms with E-state index in [2.05, 4.69) is 25.4 Å². The van der Waals surface area contributed by atoms with E-state index in [0.717, 1.165) is 11.1 Å². The van der Waals surface area contributed by atoms with E-state index >= 15 is 0 Å². The van der Waals surface area contributed by atoms with Crippen LogP contribution in [-0.4, -0.2) is 39.1 Å². The van der Waals surface area contributed by atoms with E-state index in [1.807, 2.05) is 12.1 Å². The van der Waals surface area contributed by atoms with Crippen LogP contribution in [0.2, 0.25) is 0 Å². The molecule has 154 valence electrons. The molecule has 1 atom stereocenters. The fraction of sp³-hybridized carbons (Fsp3) is 0.238. The van der Waals surface area contributed by atoms with Crippen molar-refractivity contribution in [2.24, 2.45) is 4.99 Å². The van der Waals surface area contributed by atoms with E-state index in [1.165, 1.54) is 12.2 Å². The standard InChI is InChI=1S/C21H21FN6O2/c1-11-19-17(27-21(23)24-11)10-16(26-20(19)28-29)14-9-7-12(22)6-8-13(14)15-4-3-5-18(25-15)30-2/h3-7,9,16,29H,8,10H2,1-2H3,(H,26,28)(H2,23,24,27)/t16-/m1/s1. The Balaban J connectivity index is 1.86. The highest BCUT2D eigenvalue weighted by Gasteiger charge is 2.29. The molecule has 2 aromatic heterocycles. The van der Waals surface area contributed by atoms with Gasteiger partial charge in [0.15, 0.2) is 5.84 Å². The maximum atomic E-state index is 14.1. The summed E-state index contributed by atoms with van der Waals surface area (Å²) in [6.45, 7) is 1.78. The highest BCUT2D eigenvalue weighted by Crippen LogP contribution is 2.33. The number of hydrogen-bond donors (Lipinski definition) is 3. The number of pyridine rings is 1. The lowest BCUT2D eigenvalue weighted by Gasteiger charge is -2.25. The van der Waals surface area contributed by atoms with Crippen molar-refractivity contribution in [3.05, 3.63) is 70.5 Å². The first kappa shape index (κ1) is 19.7. The van der Waals surface area contributed by atoms with Gasteiger partial charge in [-0.1, -0.05) is 12.1 Å². The summed E-state index contributed by atoms with van der Waals surface area (Å²) in [5.41, 5.74) is 12.1. The number of nitrogens with zero attached hydrogens (tertiary/aromatic N) is 4. The number of hydrogen-bond acceptors (Lipinski definition) is 8. The van der Waals surface area contributed by atoms with E-state index in [-0.39, 0.29) is 17.6 Å². The van der Waals surface area contributed by atoms with Crippen LogP contribution < -0.4 is 16.0 Å². The van der Waals surface area contributed by atoms with E-state index in [0.29, 0.717) is 41.4 Å². The maximum Gasteiger partial charge on any atom is 0.220 e. The molecule has 9 heteroatoms. The topological polar surface area (TPSA) is 119 Å². The first-order valence-electron chi connectivity index (χ1n) is 9.39. The molecule has 1 aliphatic carbocycles. The first-order chi connectivity index (χ1) is 14.5. The summed E-state index contributed by atoms with van der Waals surface area (Å²) in [7, 11) is 1.54. The minimum absolute atomic E-state index is 0.150. The molecule has 0 aromatic carbocycles. The maximum absolute atomic E-state index is 14.1. The molecule has 3 heterocycles. The van der Waals surface area contributed by atoms with Crippen LogP contribution in [0.3, 0.4) is 0 Å². The Labute approximate surface area is 172 Å². The van der Waals surface area contributed by atoms with Crippen molar-refractivity contribution in [1.29, 1.82) is 0 Å². The molecular weight excluding hydrogens is 387 g/mol. The number of aromatic nitrogens is 3. The van der Waals surface area contributed by atoms with E-state index in [9.17, 15) is 9.60 Å². The summed E-state index contributed by atoms with van der Waals surface area (Å²) >= 11 is 0. The fourth-order valence-electron chi connectivity index (χ4n) is 3.74. The number of halogens is 1. The third kappa shape index (κ3) is 3.67. The molecule has 0 saturated carbocycles. The van der Waals surface area contributed by atoms with Crippen molar-refractivity contribution in [1.82, 2.24) is 20.4 Å². The SMILES string of the molecule is COc1cccc(C2=C([C@H]3Cc4nc(N)nc(C)c4C(NO)=N3)C=CC(F)=CC2)n1. The van der Waals surface area contributed by atoms with E-state index in [1.54, 1.807) is 26.2 Å². The number of methoxy groups -OCH3 is 1. The zero-order chi connectivity index (χ0) is 21.3. The number of ether oxygens (including phenoxy) is 1. The number of aliphatic imine (C=N–C) groups is 1. The lowest BCUT2D eigenvalue weighted by Crippen LogP contribution is -2.33. The predicted molar refractivity (Wildman–Crippen MR) is 111 cm³/mol. The Morgan fingerprint density at radius 1 is 1.23 bits per heavy atom. The summed E-state index contributed by atoms with van der Waals surface area (Å²) in [5.74, 6) is 0.518. The minimum Gasteiger partial charge on any atom is -0.481 e. The quantitative estimate of drug-likeness (QED) is 0.668. The average molecular weight is 408 g/mol. The third-order valence-electron chi connectivity index (χ3n) is 5.07. The highest BCUT2D eigenvalue weighted by atomic mass is 19.1. The molecule has 0 amide bonds. The normalized spacial score (nSPS) is 18.3. The van der Waals surface area contributed by atoms with Crippen LogP contribution in [-0.2, 0) is 6.42 Å². The predicted octanol–water partition coefficient (Wildman–Crippen LogP) is 2.69. The van der Waals surface area contributed by atoms with Gasteiger partial charge in [0.2, 0.25) is 11.8 Å². The Bertz CT molecular complexity index is 1120. The monoisotopic (exact) mass is 408 g/mol. The smallest absolute Gasteiger partial charge is 0.220 e. The zero-order valence-electron chi connectivity index (χ0n) is 16.6. The average Bonchev–Trinajstić information content (AvgIpc) is 2.94. The van der Waals surface area contributed by atoms with Gasteiger partial charge in [-0.25, -0.2) is 19.3 Å². The number of nitrogens with two attached hydrogens (primary N) is 1. The van der Waals surface area contributed by atoms with Gasteiger partial charge in [-0.3, -0.25) is 15.7 Å². The van der Waals surface area contributed by atoms with Crippen molar-refractivity contribution >= 4 is 17.4 Å². The van der Waals surface area contributed by atoms with E-state index < -0.39 is 6.04 Å². The van der Waals surface area contributed by atoms with Gasteiger partial charge in [-0.05, 0) is 42.7 Å². The molecule has 0 unspecified atom stereocenters. The Morgan fingerprint density at radius 3 is 2.83 bits per heavy atom. The molecule has 0 spiro atoms. The molecule has 0 fully saturated rings. The number of amidine groups is 1. The molecular formula is C21H21FN6O2. The van der Waals surface area contributed by atoms with Gasteiger partial charge in [0, 0.05) is 12.5 Å². The largest absolute Gasteiger partial charge is 0.481 e. The van der Waals surface area contributed by atoms with Crippen molar-refractivity contribution < 1.29 is 14.3 Å². The third-order valence-corrected chi connectivity index (χ3v) is 5.07. The number of allylic oxidation sites excluding steroid dienone is 4. The molecule has 1 aliphatic heterocycles. The molecule has 8 nitrogen and oxygen atoms in total. The Morgan fingerprint density at radius 2 is 2.07 bits per heavy atom. The molecule has 2 aliphatic rings. The first-order valence-corrected chi connectivity index (χ1v) is 9.39.